The van der Waals surface area contributed by atoms with Gasteiger partial charge in [-0.2, -0.15) is 10.4 Å². The molecule has 0 unspecified atom stereocenters. The molecule has 3 rings (SSSR count). The van der Waals surface area contributed by atoms with Crippen LogP contribution in [0, 0.1) is 18.3 Å². The Bertz CT molecular complexity index is 891. The summed E-state index contributed by atoms with van der Waals surface area (Å²) in [6.07, 6.45) is 6.57. The quantitative estimate of drug-likeness (QED) is 0.657. The number of fused-ring (bicyclic) bond motifs is 1. The van der Waals surface area contributed by atoms with Gasteiger partial charge in [0, 0.05) is 17.6 Å². The smallest absolute Gasteiger partial charge is 0.342 e. The van der Waals surface area contributed by atoms with Gasteiger partial charge in [-0.15, -0.1) is 11.3 Å². The van der Waals surface area contributed by atoms with Gasteiger partial charge in [-0.05, 0) is 38.2 Å². The minimum absolute atomic E-state index is 0.334. The van der Waals surface area contributed by atoms with Crippen molar-refractivity contribution in [3.8, 4) is 6.07 Å². The molecule has 1 aliphatic rings. The zero-order valence-electron chi connectivity index (χ0n) is 14.8. The van der Waals surface area contributed by atoms with Crippen molar-refractivity contribution in [3.05, 3.63) is 33.5 Å². The van der Waals surface area contributed by atoms with Gasteiger partial charge in [0.15, 0.2) is 6.61 Å². The van der Waals surface area contributed by atoms with Crippen molar-refractivity contribution in [2.45, 2.75) is 39.0 Å². The van der Waals surface area contributed by atoms with Crippen LogP contribution in [0.4, 0.5) is 5.00 Å². The number of nitriles is 1. The Morgan fingerprint density at radius 2 is 2.15 bits per heavy atom. The maximum absolute atomic E-state index is 12.2. The van der Waals surface area contributed by atoms with Crippen LogP contribution in [0.3, 0.4) is 0 Å². The third kappa shape index (κ3) is 3.63. The predicted octanol–water partition coefficient (Wildman–Crippen LogP) is 2.73. The lowest BCUT2D eigenvalue weighted by molar-refractivity contribution is -0.119. The van der Waals surface area contributed by atoms with Crippen LogP contribution in [-0.4, -0.2) is 28.3 Å². The van der Waals surface area contributed by atoms with Crippen molar-refractivity contribution >= 4 is 28.2 Å². The summed E-state index contributed by atoms with van der Waals surface area (Å²) in [5.74, 6) is -1.04. The van der Waals surface area contributed by atoms with Crippen molar-refractivity contribution in [1.82, 2.24) is 9.78 Å². The molecule has 0 radical (unpaired) electrons. The van der Waals surface area contributed by atoms with Crippen molar-refractivity contribution in [2.24, 2.45) is 7.05 Å². The van der Waals surface area contributed by atoms with E-state index in [0.29, 0.717) is 21.8 Å². The summed E-state index contributed by atoms with van der Waals surface area (Å²) in [4.78, 5) is 25.4. The van der Waals surface area contributed by atoms with Crippen LogP contribution in [0.15, 0.2) is 6.20 Å². The standard InChI is InChI=1S/C18H20N4O3S/c1-11-14(9-20-22(11)2)18(24)25-10-16(23)21-17-13(8-19)12-6-4-3-5-7-15(12)26-17/h9H,3-7,10H2,1-2H3,(H,21,23). The number of ether oxygens (including phenoxy) is 1. The second-order valence-electron chi connectivity index (χ2n) is 6.27. The maximum Gasteiger partial charge on any atom is 0.342 e. The van der Waals surface area contributed by atoms with E-state index in [9.17, 15) is 14.9 Å². The molecule has 2 aromatic heterocycles. The Hall–Kier alpha value is -2.66. The minimum atomic E-state index is -0.590. The minimum Gasteiger partial charge on any atom is -0.452 e. The first kappa shape index (κ1) is 18.1. The molecule has 1 N–H and O–H groups in total. The highest BCUT2D eigenvalue weighted by molar-refractivity contribution is 7.16. The van der Waals surface area contributed by atoms with Crippen molar-refractivity contribution in [3.63, 3.8) is 0 Å². The largest absolute Gasteiger partial charge is 0.452 e. The molecule has 1 amide bonds. The Morgan fingerprint density at radius 3 is 2.85 bits per heavy atom. The van der Waals surface area contributed by atoms with Crippen LogP contribution >= 0.6 is 11.3 Å². The van der Waals surface area contributed by atoms with Gasteiger partial charge in [0.25, 0.3) is 5.91 Å². The third-order valence-corrected chi connectivity index (χ3v) is 5.78. The maximum atomic E-state index is 12.2. The van der Waals surface area contributed by atoms with E-state index < -0.39 is 18.5 Å². The molecule has 7 nitrogen and oxygen atoms in total. The average Bonchev–Trinajstić information content (AvgIpc) is 3.02. The summed E-state index contributed by atoms with van der Waals surface area (Å²) in [5, 5.41) is 16.7. The Morgan fingerprint density at radius 1 is 1.38 bits per heavy atom. The van der Waals surface area contributed by atoms with Crippen LogP contribution < -0.4 is 5.32 Å². The Balaban J connectivity index is 1.64. The molecule has 0 saturated carbocycles. The number of hydrogen-bond donors (Lipinski definition) is 1. The van der Waals surface area contributed by atoms with E-state index in [2.05, 4.69) is 16.5 Å². The number of nitrogens with one attached hydrogen (secondary N) is 1. The number of hydrogen-bond acceptors (Lipinski definition) is 6. The number of carbonyl (C=O) groups is 2. The molecular weight excluding hydrogens is 352 g/mol. The van der Waals surface area contributed by atoms with E-state index in [4.69, 9.17) is 4.74 Å². The van der Waals surface area contributed by atoms with Crippen molar-refractivity contribution in [2.75, 3.05) is 11.9 Å². The third-order valence-electron chi connectivity index (χ3n) is 4.58. The van der Waals surface area contributed by atoms with E-state index in [-0.39, 0.29) is 0 Å². The highest BCUT2D eigenvalue weighted by Crippen LogP contribution is 2.36. The normalized spacial score (nSPS) is 13.4. The fraction of sp³-hybridized carbons (Fsp3) is 0.444. The number of esters is 1. The van der Waals surface area contributed by atoms with Crippen LogP contribution in [0.2, 0.25) is 0 Å². The summed E-state index contributed by atoms with van der Waals surface area (Å²) in [6, 6.07) is 2.21. The van der Waals surface area contributed by atoms with Crippen molar-refractivity contribution < 1.29 is 14.3 Å². The van der Waals surface area contributed by atoms with E-state index in [1.807, 2.05) is 0 Å². The number of anilines is 1. The molecule has 0 bridgehead atoms. The van der Waals surface area contributed by atoms with Crippen LogP contribution in [0.1, 0.15) is 51.3 Å². The topological polar surface area (TPSA) is 97.0 Å². The lowest BCUT2D eigenvalue weighted by Crippen LogP contribution is -2.21. The van der Waals surface area contributed by atoms with Gasteiger partial charge in [0.1, 0.15) is 16.6 Å². The summed E-state index contributed by atoms with van der Waals surface area (Å²) in [7, 11) is 1.73. The molecule has 2 heterocycles. The Kier molecular flexibility index (Phi) is 5.38. The second-order valence-corrected chi connectivity index (χ2v) is 7.38. The molecule has 0 aliphatic heterocycles. The van der Waals surface area contributed by atoms with Gasteiger partial charge in [0.2, 0.25) is 0 Å². The second kappa shape index (κ2) is 7.70. The molecule has 0 spiro atoms. The number of rotatable bonds is 4. The van der Waals surface area contributed by atoms with Gasteiger partial charge in [-0.25, -0.2) is 4.79 Å². The molecule has 0 aromatic carbocycles. The van der Waals surface area contributed by atoms with Gasteiger partial charge in [-0.1, -0.05) is 6.42 Å². The lowest BCUT2D eigenvalue weighted by Gasteiger charge is -2.06. The zero-order chi connectivity index (χ0) is 18.7. The summed E-state index contributed by atoms with van der Waals surface area (Å²) >= 11 is 1.46. The van der Waals surface area contributed by atoms with Gasteiger partial charge in [-0.3, -0.25) is 9.48 Å². The van der Waals surface area contributed by atoms with E-state index in [0.717, 1.165) is 37.7 Å². The first-order chi connectivity index (χ1) is 12.5. The predicted molar refractivity (Wildman–Crippen MR) is 97.2 cm³/mol. The monoisotopic (exact) mass is 372 g/mol. The van der Waals surface area contributed by atoms with E-state index in [1.165, 1.54) is 22.4 Å². The molecule has 0 saturated heterocycles. The molecule has 0 atom stereocenters. The lowest BCUT2D eigenvalue weighted by atomic mass is 10.1. The highest BCUT2D eigenvalue weighted by Gasteiger charge is 2.22. The molecule has 8 heteroatoms. The Labute approximate surface area is 155 Å². The summed E-state index contributed by atoms with van der Waals surface area (Å²) in [6.45, 7) is 1.35. The zero-order valence-corrected chi connectivity index (χ0v) is 15.6. The van der Waals surface area contributed by atoms with Gasteiger partial charge < -0.3 is 10.1 Å². The highest BCUT2D eigenvalue weighted by atomic mass is 32.1. The van der Waals surface area contributed by atoms with Crippen LogP contribution in [0.25, 0.3) is 0 Å². The van der Waals surface area contributed by atoms with E-state index >= 15 is 0 Å². The number of aryl methyl sites for hydroxylation is 2. The molecular formula is C18H20N4O3S. The number of carbonyl (C=O) groups excluding carboxylic acids is 2. The summed E-state index contributed by atoms with van der Waals surface area (Å²) in [5.41, 5.74) is 2.62. The molecule has 1 aliphatic carbocycles. The first-order valence-electron chi connectivity index (χ1n) is 8.51. The molecule has 0 fully saturated rings. The molecule has 136 valence electrons. The number of aromatic nitrogens is 2. The number of amides is 1. The number of nitrogens with zero attached hydrogens (tertiary/aromatic N) is 3. The average molecular weight is 372 g/mol. The first-order valence-corrected chi connectivity index (χ1v) is 9.33. The molecule has 26 heavy (non-hydrogen) atoms. The summed E-state index contributed by atoms with van der Waals surface area (Å²) < 4.78 is 6.63. The van der Waals surface area contributed by atoms with Crippen LogP contribution in [-0.2, 0) is 29.4 Å². The van der Waals surface area contributed by atoms with E-state index in [1.54, 1.807) is 18.7 Å². The van der Waals surface area contributed by atoms with Crippen molar-refractivity contribution in [1.29, 1.82) is 5.26 Å². The van der Waals surface area contributed by atoms with Gasteiger partial charge >= 0.3 is 5.97 Å². The fourth-order valence-corrected chi connectivity index (χ4v) is 4.28. The number of thiophene rings is 1. The van der Waals surface area contributed by atoms with Crippen LogP contribution in [0.5, 0.6) is 0 Å². The van der Waals surface area contributed by atoms with Gasteiger partial charge in [0.05, 0.1) is 11.8 Å². The fourth-order valence-electron chi connectivity index (χ4n) is 3.02. The molecule has 2 aromatic rings. The SMILES string of the molecule is Cc1c(C(=O)OCC(=O)Nc2sc3c(c2C#N)CCCCC3)cnn1C.